The van der Waals surface area contributed by atoms with Gasteiger partial charge in [-0.3, -0.25) is 15.0 Å². The molecule has 2 aromatic heterocycles. The Hall–Kier alpha value is -3.64. The van der Waals surface area contributed by atoms with Gasteiger partial charge in [0, 0.05) is 73.4 Å². The number of fused-ring (bicyclic) bond motifs is 2. The lowest BCUT2D eigenvalue weighted by atomic mass is 9.82. The first-order chi connectivity index (χ1) is 18.0. The second-order valence-corrected chi connectivity index (χ2v) is 10.8. The maximum atomic E-state index is 12.8. The van der Waals surface area contributed by atoms with E-state index >= 15 is 0 Å². The van der Waals surface area contributed by atoms with Crippen LogP contribution >= 0.6 is 0 Å². The average Bonchev–Trinajstić information content (AvgIpc) is 3.53. The van der Waals surface area contributed by atoms with Gasteiger partial charge >= 0.3 is 0 Å². The number of carbonyl (C=O) groups is 1. The first kappa shape index (κ1) is 23.7. The summed E-state index contributed by atoms with van der Waals surface area (Å²) in [6.07, 6.45) is 5.34. The van der Waals surface area contributed by atoms with Crippen LogP contribution in [0.3, 0.4) is 0 Å². The first-order valence-electron chi connectivity index (χ1n) is 13.2. The van der Waals surface area contributed by atoms with Crippen molar-refractivity contribution in [2.24, 2.45) is 11.8 Å². The highest BCUT2D eigenvalue weighted by Crippen LogP contribution is 2.47. The smallest absolute Gasteiger partial charge is 0.219 e. The van der Waals surface area contributed by atoms with E-state index in [1.165, 1.54) is 5.56 Å². The molecule has 1 amide bonds. The minimum atomic E-state index is -0.0251. The number of carbonyl (C=O) groups excluding carboxylic acids is 1. The minimum absolute atomic E-state index is 0.0251. The largest absolute Gasteiger partial charge is 0.381 e. The SMILES string of the molecule is CC(=O)N1CCc2[nH]nc(N3CC(C)Cc4cc(-c5cn[nH]c5C)c(C#N)cc43)c2C1C1CCOCC1. The van der Waals surface area contributed by atoms with Gasteiger partial charge < -0.3 is 14.5 Å². The lowest BCUT2D eigenvalue weighted by Gasteiger charge is -2.43. The van der Waals surface area contributed by atoms with Gasteiger partial charge in [-0.05, 0) is 55.7 Å². The number of aromatic nitrogens is 4. The number of nitriles is 1. The molecule has 9 heteroatoms. The molecule has 37 heavy (non-hydrogen) atoms. The van der Waals surface area contributed by atoms with E-state index in [0.717, 1.165) is 85.0 Å². The number of hydrogen-bond donors (Lipinski definition) is 2. The lowest BCUT2D eigenvalue weighted by molar-refractivity contribution is -0.134. The number of anilines is 2. The average molecular weight is 500 g/mol. The first-order valence-corrected chi connectivity index (χ1v) is 13.2. The van der Waals surface area contributed by atoms with Crippen LogP contribution in [0.15, 0.2) is 18.3 Å². The van der Waals surface area contributed by atoms with Crippen molar-refractivity contribution in [2.75, 3.05) is 31.2 Å². The molecule has 1 fully saturated rings. The van der Waals surface area contributed by atoms with Crippen molar-refractivity contribution >= 4 is 17.4 Å². The third kappa shape index (κ3) is 4.00. The Morgan fingerprint density at radius 3 is 2.73 bits per heavy atom. The number of nitrogens with one attached hydrogen (secondary N) is 2. The van der Waals surface area contributed by atoms with Crippen molar-refractivity contribution in [3.63, 3.8) is 0 Å². The summed E-state index contributed by atoms with van der Waals surface area (Å²) in [6, 6.07) is 6.57. The number of amides is 1. The summed E-state index contributed by atoms with van der Waals surface area (Å²) in [7, 11) is 0. The van der Waals surface area contributed by atoms with Crippen LogP contribution < -0.4 is 4.90 Å². The Kier molecular flexibility index (Phi) is 6.00. The monoisotopic (exact) mass is 499 g/mol. The van der Waals surface area contributed by atoms with Crippen molar-refractivity contribution < 1.29 is 9.53 Å². The summed E-state index contributed by atoms with van der Waals surface area (Å²) in [5.74, 6) is 1.73. The zero-order valence-corrected chi connectivity index (χ0v) is 21.7. The zero-order chi connectivity index (χ0) is 25.7. The van der Waals surface area contributed by atoms with Crippen molar-refractivity contribution in [1.29, 1.82) is 5.26 Å². The van der Waals surface area contributed by atoms with Gasteiger partial charge in [0.2, 0.25) is 5.91 Å². The van der Waals surface area contributed by atoms with Crippen LogP contribution in [0.4, 0.5) is 11.5 Å². The molecule has 6 rings (SSSR count). The van der Waals surface area contributed by atoms with Crippen LogP contribution in [0.1, 0.15) is 60.8 Å². The fraction of sp³-hybridized carbons (Fsp3) is 0.500. The Balaban J connectivity index is 1.48. The molecule has 0 saturated carbocycles. The van der Waals surface area contributed by atoms with E-state index in [9.17, 15) is 10.1 Å². The van der Waals surface area contributed by atoms with Crippen LogP contribution in [-0.2, 0) is 22.4 Å². The third-order valence-corrected chi connectivity index (χ3v) is 8.28. The van der Waals surface area contributed by atoms with Gasteiger partial charge in [-0.2, -0.15) is 15.5 Å². The third-order valence-electron chi connectivity index (χ3n) is 8.28. The van der Waals surface area contributed by atoms with Crippen molar-refractivity contribution in [1.82, 2.24) is 25.3 Å². The normalized spacial score (nSPS) is 21.9. The van der Waals surface area contributed by atoms with Crippen LogP contribution in [0.25, 0.3) is 11.1 Å². The molecule has 2 unspecified atom stereocenters. The Labute approximate surface area is 216 Å². The maximum Gasteiger partial charge on any atom is 0.219 e. The maximum absolute atomic E-state index is 12.8. The van der Waals surface area contributed by atoms with Crippen LogP contribution in [-0.4, -0.2) is 57.5 Å². The Bertz CT molecular complexity index is 1380. The van der Waals surface area contributed by atoms with E-state index < -0.39 is 0 Å². The molecule has 3 aliphatic heterocycles. The summed E-state index contributed by atoms with van der Waals surface area (Å²) in [5, 5.41) is 25.5. The lowest BCUT2D eigenvalue weighted by Crippen LogP contribution is -2.44. The number of aromatic amines is 2. The van der Waals surface area contributed by atoms with Gasteiger partial charge in [0.15, 0.2) is 5.82 Å². The van der Waals surface area contributed by atoms with Crippen molar-refractivity contribution in [3.8, 4) is 17.2 Å². The summed E-state index contributed by atoms with van der Waals surface area (Å²) in [6.45, 7) is 8.86. The molecular weight excluding hydrogens is 466 g/mol. The van der Waals surface area contributed by atoms with Crippen LogP contribution in [0.5, 0.6) is 0 Å². The number of hydrogen-bond acceptors (Lipinski definition) is 6. The summed E-state index contributed by atoms with van der Waals surface area (Å²) >= 11 is 0. The van der Waals surface area contributed by atoms with Gasteiger partial charge in [-0.15, -0.1) is 0 Å². The van der Waals surface area contributed by atoms with Crippen LogP contribution in [0.2, 0.25) is 0 Å². The molecule has 9 nitrogen and oxygen atoms in total. The van der Waals surface area contributed by atoms with Gasteiger partial charge in [-0.1, -0.05) is 6.92 Å². The summed E-state index contributed by atoms with van der Waals surface area (Å²) in [5.41, 5.74) is 7.93. The van der Waals surface area contributed by atoms with Gasteiger partial charge in [0.1, 0.15) is 0 Å². The number of rotatable bonds is 3. The Morgan fingerprint density at radius 1 is 1.22 bits per heavy atom. The molecule has 0 aliphatic carbocycles. The minimum Gasteiger partial charge on any atom is -0.381 e. The standard InChI is InChI=1S/C28H33N7O2/c1-16-10-20-11-22(23-14-30-31-17(23)2)21(13-29)12-25(20)35(15-16)28-26-24(32-33-28)4-7-34(18(3)36)27(26)19-5-8-37-9-6-19/h11-12,14,16,19,27H,4-10,15H2,1-3H3,(H,30,31)(H,32,33). The molecule has 5 heterocycles. The van der Waals surface area contributed by atoms with Gasteiger partial charge in [-0.25, -0.2) is 0 Å². The van der Waals surface area contributed by atoms with Crippen molar-refractivity contribution in [3.05, 3.63) is 46.4 Å². The zero-order valence-electron chi connectivity index (χ0n) is 21.7. The van der Waals surface area contributed by atoms with E-state index in [1.54, 1.807) is 13.1 Å². The number of aryl methyl sites for hydroxylation is 1. The Morgan fingerprint density at radius 2 is 2.03 bits per heavy atom. The number of benzene rings is 1. The highest BCUT2D eigenvalue weighted by Gasteiger charge is 2.41. The van der Waals surface area contributed by atoms with Crippen LogP contribution in [0, 0.1) is 30.1 Å². The topological polar surface area (TPSA) is 114 Å². The number of H-pyrrole nitrogens is 2. The predicted octanol–water partition coefficient (Wildman–Crippen LogP) is 4.18. The molecule has 192 valence electrons. The summed E-state index contributed by atoms with van der Waals surface area (Å²) < 4.78 is 5.66. The predicted molar refractivity (Wildman–Crippen MR) is 139 cm³/mol. The molecule has 1 saturated heterocycles. The fourth-order valence-corrected chi connectivity index (χ4v) is 6.52. The number of nitrogens with zero attached hydrogens (tertiary/aromatic N) is 5. The fourth-order valence-electron chi connectivity index (χ4n) is 6.52. The van der Waals surface area contributed by atoms with E-state index in [4.69, 9.17) is 9.84 Å². The summed E-state index contributed by atoms with van der Waals surface area (Å²) in [4.78, 5) is 17.1. The van der Waals surface area contributed by atoms with Gasteiger partial charge in [0.25, 0.3) is 0 Å². The van der Waals surface area contributed by atoms with Gasteiger partial charge in [0.05, 0.1) is 23.9 Å². The number of ether oxygens (including phenoxy) is 1. The molecule has 2 N–H and O–H groups in total. The van der Waals surface area contributed by atoms with E-state index in [1.807, 2.05) is 17.9 Å². The molecule has 0 radical (unpaired) electrons. The quantitative estimate of drug-likeness (QED) is 0.559. The molecule has 0 spiro atoms. The molecule has 3 aliphatic rings. The van der Waals surface area contributed by atoms with E-state index in [0.29, 0.717) is 23.9 Å². The second-order valence-electron chi connectivity index (χ2n) is 10.8. The van der Waals surface area contributed by atoms with E-state index in [-0.39, 0.29) is 11.9 Å². The van der Waals surface area contributed by atoms with Crippen molar-refractivity contribution in [2.45, 2.75) is 52.5 Å². The molecule has 3 aromatic rings. The molecule has 2 atom stereocenters. The molecular formula is C28H33N7O2. The highest BCUT2D eigenvalue weighted by atomic mass is 16.5. The van der Waals surface area contributed by atoms with E-state index in [2.05, 4.69) is 39.3 Å². The second kappa shape index (κ2) is 9.34. The molecule has 1 aromatic carbocycles. The molecule has 0 bridgehead atoms. The highest BCUT2D eigenvalue weighted by molar-refractivity contribution is 5.80.